The molecule has 0 saturated heterocycles. The molecule has 2 aromatic rings. The molecule has 0 heterocycles. The first-order valence-electron chi connectivity index (χ1n) is 6.05. The van der Waals surface area contributed by atoms with Crippen LogP contribution < -0.4 is 0 Å². The van der Waals surface area contributed by atoms with Gasteiger partial charge in [-0.05, 0) is 6.42 Å². The number of benzene rings is 2. The minimum absolute atomic E-state index is 0. The van der Waals surface area contributed by atoms with Crippen LogP contribution in [-0.4, -0.2) is 11.7 Å². The molecule has 0 aromatic heterocycles. The van der Waals surface area contributed by atoms with Crippen molar-refractivity contribution < 1.29 is 30.9 Å². The van der Waals surface area contributed by atoms with E-state index < -0.39 is 0 Å². The van der Waals surface area contributed by atoms with Gasteiger partial charge in [-0.2, -0.15) is 49.2 Å². The van der Waals surface area contributed by atoms with Gasteiger partial charge in [0.1, 0.15) is 0 Å². The van der Waals surface area contributed by atoms with Crippen LogP contribution in [0.15, 0.2) is 60.7 Å². The monoisotopic (exact) mass is 422 g/mol. The first-order chi connectivity index (χ1) is 8.70. The van der Waals surface area contributed by atoms with Gasteiger partial charge in [0.05, 0.1) is 0 Å². The second-order valence-corrected chi connectivity index (χ2v) is 3.69. The van der Waals surface area contributed by atoms with Crippen LogP contribution in [0.2, 0.25) is 0 Å². The van der Waals surface area contributed by atoms with E-state index in [0.29, 0.717) is 6.61 Å². The largest absolute Gasteiger partial charge is 0.396 e. The minimum Gasteiger partial charge on any atom is -0.396 e. The smallest absolute Gasteiger partial charge is 0.0428 e. The summed E-state index contributed by atoms with van der Waals surface area (Å²) in [5.74, 6) is 0. The van der Waals surface area contributed by atoms with Gasteiger partial charge in [0.25, 0.3) is 0 Å². The van der Waals surface area contributed by atoms with Crippen LogP contribution in [0.4, 0.5) is 0 Å². The summed E-state index contributed by atoms with van der Waals surface area (Å²) in [6.45, 7) is 9.69. The molecule has 0 saturated carbocycles. The Kier molecular flexibility index (Phi) is 16.1. The van der Waals surface area contributed by atoms with Gasteiger partial charge in [-0.15, -0.1) is 24.3 Å². The predicted octanol–water partition coefficient (Wildman–Crippen LogP) is 4.12. The third-order valence-corrected chi connectivity index (χ3v) is 1.91. The van der Waals surface area contributed by atoms with Crippen LogP contribution in [0.25, 0.3) is 0 Å². The van der Waals surface area contributed by atoms with Crippen molar-refractivity contribution in [3.05, 3.63) is 85.6 Å². The average molecular weight is 421 g/mol. The number of hydrogen-bond donors (Lipinski definition) is 1. The summed E-state index contributed by atoms with van der Waals surface area (Å²) in [6, 6.07) is 19.7. The topological polar surface area (TPSA) is 20.2 Å². The molecule has 102 valence electrons. The summed E-state index contributed by atoms with van der Waals surface area (Å²) in [5.41, 5.74) is 2.14. The summed E-state index contributed by atoms with van der Waals surface area (Å²) < 4.78 is 0. The Bertz CT molecular complexity index is 333. The summed E-state index contributed by atoms with van der Waals surface area (Å²) in [6.07, 6.45) is 0.875. The molecular formula is C17H22HfO-2. The van der Waals surface area contributed by atoms with Crippen molar-refractivity contribution in [3.63, 3.8) is 0 Å². The Morgan fingerprint density at radius 1 is 0.789 bits per heavy atom. The fourth-order valence-electron chi connectivity index (χ4n) is 0.956. The van der Waals surface area contributed by atoms with Crippen LogP contribution in [-0.2, 0) is 25.8 Å². The molecule has 0 spiro atoms. The van der Waals surface area contributed by atoms with Crippen LogP contribution >= 0.6 is 0 Å². The van der Waals surface area contributed by atoms with Gasteiger partial charge in [-0.25, -0.2) is 0 Å². The zero-order valence-electron chi connectivity index (χ0n) is 11.5. The Morgan fingerprint density at radius 2 is 1.05 bits per heavy atom. The van der Waals surface area contributed by atoms with E-state index in [1.54, 1.807) is 0 Å². The van der Waals surface area contributed by atoms with Gasteiger partial charge in [-0.1, -0.05) is 19.1 Å². The van der Waals surface area contributed by atoms with Gasteiger partial charge < -0.3 is 5.11 Å². The maximum absolute atomic E-state index is 7.88. The third kappa shape index (κ3) is 15.0. The van der Waals surface area contributed by atoms with Crippen molar-refractivity contribution >= 4 is 0 Å². The Balaban J connectivity index is 0. The van der Waals surface area contributed by atoms with Crippen LogP contribution in [0.5, 0.6) is 0 Å². The van der Waals surface area contributed by atoms with Crippen molar-refractivity contribution in [3.8, 4) is 0 Å². The van der Waals surface area contributed by atoms with Gasteiger partial charge in [0.2, 0.25) is 0 Å². The molecule has 0 bridgehead atoms. The minimum atomic E-state index is 0. The standard InChI is InChI=1S/2C7H7.C3H8O.Hf/c2*1-7-5-3-2-4-6-7;1-2-3-4;/h2*2-6H,1H2;4H,2-3H2,1H3;/q2*-1;;. The maximum Gasteiger partial charge on any atom is 0.0428 e. The van der Waals surface area contributed by atoms with Crippen molar-refractivity contribution in [2.24, 2.45) is 0 Å². The summed E-state index contributed by atoms with van der Waals surface area (Å²) in [5, 5.41) is 7.88. The van der Waals surface area contributed by atoms with Crippen molar-refractivity contribution in [2.75, 3.05) is 6.61 Å². The molecule has 2 aromatic carbocycles. The fourth-order valence-corrected chi connectivity index (χ4v) is 0.956. The molecule has 0 unspecified atom stereocenters. The van der Waals surface area contributed by atoms with E-state index in [1.165, 1.54) is 0 Å². The SMILES string of the molecule is CCCO.[CH2-]c1ccccc1.[CH2-]c1ccccc1.[Hf]. The molecule has 0 aliphatic rings. The molecule has 1 N–H and O–H groups in total. The second-order valence-electron chi connectivity index (χ2n) is 3.69. The second kappa shape index (κ2) is 15.1. The Labute approximate surface area is 136 Å². The first-order valence-corrected chi connectivity index (χ1v) is 6.05. The van der Waals surface area contributed by atoms with Crippen molar-refractivity contribution in [1.82, 2.24) is 0 Å². The molecule has 0 aliphatic carbocycles. The Morgan fingerprint density at radius 3 is 1.16 bits per heavy atom. The van der Waals surface area contributed by atoms with Crippen LogP contribution in [0, 0.1) is 13.8 Å². The molecular weight excluding hydrogens is 399 g/mol. The van der Waals surface area contributed by atoms with E-state index in [1.807, 2.05) is 67.6 Å². The molecule has 2 rings (SSSR count). The molecule has 19 heavy (non-hydrogen) atoms. The molecule has 0 atom stereocenters. The molecule has 2 heteroatoms. The summed E-state index contributed by atoms with van der Waals surface area (Å²) in [7, 11) is 0. The zero-order chi connectivity index (χ0) is 13.6. The first kappa shape index (κ1) is 20.3. The summed E-state index contributed by atoms with van der Waals surface area (Å²) in [4.78, 5) is 0. The molecule has 0 radical (unpaired) electrons. The van der Waals surface area contributed by atoms with Gasteiger partial charge >= 0.3 is 0 Å². The number of aliphatic hydroxyl groups is 1. The van der Waals surface area contributed by atoms with Gasteiger partial charge in [0, 0.05) is 32.5 Å². The predicted molar refractivity (Wildman–Crippen MR) is 79.2 cm³/mol. The van der Waals surface area contributed by atoms with Gasteiger partial charge in [-0.3, -0.25) is 0 Å². The average Bonchev–Trinajstić information content (AvgIpc) is 2.41. The normalized spacial score (nSPS) is 7.89. The van der Waals surface area contributed by atoms with E-state index in [9.17, 15) is 0 Å². The van der Waals surface area contributed by atoms with Crippen LogP contribution in [0.1, 0.15) is 24.5 Å². The molecule has 0 aliphatic heterocycles. The third-order valence-electron chi connectivity index (χ3n) is 1.91. The van der Waals surface area contributed by atoms with Crippen LogP contribution in [0.3, 0.4) is 0 Å². The van der Waals surface area contributed by atoms with E-state index in [0.717, 1.165) is 17.5 Å². The molecule has 0 amide bonds. The number of hydrogen-bond acceptors (Lipinski definition) is 1. The van der Waals surface area contributed by atoms with E-state index >= 15 is 0 Å². The van der Waals surface area contributed by atoms with Crippen molar-refractivity contribution in [2.45, 2.75) is 13.3 Å². The quantitative estimate of drug-likeness (QED) is 0.543. The zero-order valence-corrected chi connectivity index (χ0v) is 15.1. The van der Waals surface area contributed by atoms with E-state index in [2.05, 4.69) is 13.8 Å². The van der Waals surface area contributed by atoms with Gasteiger partial charge in [0.15, 0.2) is 0 Å². The summed E-state index contributed by atoms with van der Waals surface area (Å²) >= 11 is 0. The fraction of sp³-hybridized carbons (Fsp3) is 0.176. The molecule has 0 fully saturated rings. The maximum atomic E-state index is 7.88. The van der Waals surface area contributed by atoms with E-state index in [-0.39, 0.29) is 25.8 Å². The van der Waals surface area contributed by atoms with Crippen molar-refractivity contribution in [1.29, 1.82) is 0 Å². The molecule has 1 nitrogen and oxygen atoms in total. The number of aliphatic hydroxyl groups excluding tert-OH is 1. The Hall–Kier alpha value is -0.990. The van der Waals surface area contributed by atoms with E-state index in [4.69, 9.17) is 5.11 Å². The number of rotatable bonds is 1.